The van der Waals surface area contributed by atoms with Gasteiger partial charge in [-0.2, -0.15) is 0 Å². The summed E-state index contributed by atoms with van der Waals surface area (Å²) in [7, 11) is 0. The van der Waals surface area contributed by atoms with Gasteiger partial charge in [0.05, 0.1) is 11.4 Å². The van der Waals surface area contributed by atoms with Crippen LogP contribution in [0.3, 0.4) is 0 Å². The summed E-state index contributed by atoms with van der Waals surface area (Å²) in [5.41, 5.74) is 15.8. The number of nitrogens with zero attached hydrogens (tertiary/aromatic N) is 3. The molecule has 5 heteroatoms. The average molecular weight is 748 g/mol. The van der Waals surface area contributed by atoms with Crippen molar-refractivity contribution in [1.82, 2.24) is 15.0 Å². The summed E-state index contributed by atoms with van der Waals surface area (Å²) in [4.78, 5) is 14.8. The summed E-state index contributed by atoms with van der Waals surface area (Å²) < 4.78 is 12.4. The summed E-state index contributed by atoms with van der Waals surface area (Å²) in [6, 6.07) is 50.7. The average Bonchev–Trinajstić information content (AvgIpc) is 3.81. The van der Waals surface area contributed by atoms with Crippen molar-refractivity contribution in [3.8, 4) is 67.3 Å². The lowest BCUT2D eigenvalue weighted by Gasteiger charge is -2.14. The fourth-order valence-corrected chi connectivity index (χ4v) is 7.93. The first-order chi connectivity index (χ1) is 28.5. The van der Waals surface area contributed by atoms with Crippen molar-refractivity contribution < 1.29 is 8.83 Å². The van der Waals surface area contributed by atoms with Crippen LogP contribution in [0.2, 0.25) is 0 Å². The molecule has 5 nitrogen and oxygen atoms in total. The number of rotatable bonds is 8. The Bertz CT molecular complexity index is 3210. The second-order valence-corrected chi connectivity index (χ2v) is 14.6. The molecule has 0 aliphatic carbocycles. The van der Waals surface area contributed by atoms with Gasteiger partial charge in [-0.3, -0.25) is 4.98 Å². The minimum atomic E-state index is 0.657. The summed E-state index contributed by atoms with van der Waals surface area (Å²) in [6.07, 6.45) is 9.49. The van der Waals surface area contributed by atoms with E-state index in [0.717, 1.165) is 111 Å². The van der Waals surface area contributed by atoms with Crippen molar-refractivity contribution in [2.24, 2.45) is 0 Å². The Morgan fingerprint density at radius 1 is 0.500 bits per heavy atom. The number of furan rings is 2. The van der Waals surface area contributed by atoms with Gasteiger partial charge in [0.1, 0.15) is 22.5 Å². The molecule has 0 unspecified atom stereocenters. The number of aryl methyl sites for hydroxylation is 2. The third kappa shape index (κ3) is 6.39. The summed E-state index contributed by atoms with van der Waals surface area (Å²) in [5, 5.41) is 3.22. The fourth-order valence-electron chi connectivity index (χ4n) is 7.93. The Kier molecular flexibility index (Phi) is 8.68. The van der Waals surface area contributed by atoms with Crippen LogP contribution in [0.1, 0.15) is 16.9 Å². The van der Waals surface area contributed by atoms with E-state index in [0.29, 0.717) is 5.82 Å². The molecule has 0 saturated carbocycles. The van der Waals surface area contributed by atoms with E-state index in [1.807, 2.05) is 55.6 Å². The van der Waals surface area contributed by atoms with Gasteiger partial charge in [-0.15, -0.1) is 0 Å². The van der Waals surface area contributed by atoms with E-state index < -0.39 is 0 Å². The Morgan fingerprint density at radius 2 is 1.16 bits per heavy atom. The lowest BCUT2D eigenvalue weighted by atomic mass is 9.93. The van der Waals surface area contributed by atoms with Crippen molar-refractivity contribution in [2.45, 2.75) is 13.8 Å². The van der Waals surface area contributed by atoms with Gasteiger partial charge in [0.2, 0.25) is 0 Å². The molecule has 0 bridgehead atoms. The van der Waals surface area contributed by atoms with Gasteiger partial charge in [-0.25, -0.2) is 9.97 Å². The Balaban J connectivity index is 1.18. The molecule has 0 atom stereocenters. The molecule has 0 saturated heterocycles. The van der Waals surface area contributed by atoms with Gasteiger partial charge in [-0.05, 0) is 114 Å². The van der Waals surface area contributed by atoms with E-state index >= 15 is 0 Å². The van der Waals surface area contributed by atoms with Crippen molar-refractivity contribution in [2.75, 3.05) is 0 Å². The van der Waals surface area contributed by atoms with Gasteiger partial charge < -0.3 is 8.83 Å². The second kappa shape index (κ2) is 14.5. The lowest BCUT2D eigenvalue weighted by molar-refractivity contribution is 0.577. The van der Waals surface area contributed by atoms with Crippen LogP contribution in [-0.4, -0.2) is 15.0 Å². The Labute approximate surface area is 336 Å². The molecule has 0 spiro atoms. The molecule has 0 amide bonds. The zero-order valence-corrected chi connectivity index (χ0v) is 32.1. The zero-order valence-electron chi connectivity index (χ0n) is 32.1. The van der Waals surface area contributed by atoms with E-state index in [-0.39, 0.29) is 0 Å². The molecule has 6 aromatic carbocycles. The van der Waals surface area contributed by atoms with E-state index in [9.17, 15) is 0 Å². The fraction of sp³-hybridized carbons (Fsp3) is 0.0377. The van der Waals surface area contributed by atoms with Crippen LogP contribution >= 0.6 is 0 Å². The number of fused-ring (bicyclic) bond motifs is 4. The van der Waals surface area contributed by atoms with Gasteiger partial charge in [0.25, 0.3) is 0 Å². The first-order valence-electron chi connectivity index (χ1n) is 19.3. The van der Waals surface area contributed by atoms with Crippen molar-refractivity contribution in [3.63, 3.8) is 0 Å². The standard InChI is InChI=1S/C53H37N3O2/c1-4-5-15-44-34(3)57-51-22-19-36(29-46(44)51)40-26-41(37-20-23-52-47(30-37)45-16-9-10-17-50(45)58-52)28-42(27-40)49-31-48(35-12-7-6-8-13-35)55-53(56-49)38-18-21-43(33(2)25-38)39-14-11-24-54-32-39/h4-32H,1H2,2-3H3/b15-5-. The molecule has 10 aromatic rings. The van der Waals surface area contributed by atoms with Crippen LogP contribution in [0.4, 0.5) is 0 Å². The number of para-hydroxylation sites is 1. The summed E-state index contributed by atoms with van der Waals surface area (Å²) in [6.45, 7) is 8.01. The minimum absolute atomic E-state index is 0.657. The van der Waals surface area contributed by atoms with Crippen LogP contribution in [0.5, 0.6) is 0 Å². The number of hydrogen-bond acceptors (Lipinski definition) is 5. The van der Waals surface area contributed by atoms with E-state index in [2.05, 4.69) is 134 Å². The maximum atomic E-state index is 6.22. The molecular formula is C53H37N3O2. The SMILES string of the molecule is C=C/C=C\c1c(C)oc2ccc(-c3cc(-c4ccc5oc6ccccc6c5c4)cc(-c4cc(-c5ccccc5)nc(-c5ccc(-c6cccnc6)c(C)c5)n4)c3)cc12. The van der Waals surface area contributed by atoms with Crippen molar-refractivity contribution >= 4 is 39.0 Å². The van der Waals surface area contributed by atoms with Gasteiger partial charge >= 0.3 is 0 Å². The van der Waals surface area contributed by atoms with Gasteiger partial charge in [0.15, 0.2) is 5.82 Å². The van der Waals surface area contributed by atoms with Crippen LogP contribution in [-0.2, 0) is 0 Å². The van der Waals surface area contributed by atoms with Crippen molar-refractivity contribution in [1.29, 1.82) is 0 Å². The molecule has 4 heterocycles. The first-order valence-corrected chi connectivity index (χ1v) is 19.3. The quantitative estimate of drug-likeness (QED) is 0.145. The molecule has 0 N–H and O–H groups in total. The molecule has 0 aliphatic rings. The zero-order chi connectivity index (χ0) is 39.2. The third-order valence-electron chi connectivity index (χ3n) is 10.8. The molecular weight excluding hydrogens is 711 g/mol. The molecule has 0 aliphatic heterocycles. The van der Waals surface area contributed by atoms with Crippen molar-refractivity contribution in [3.05, 3.63) is 194 Å². The number of benzene rings is 6. The highest BCUT2D eigenvalue weighted by Crippen LogP contribution is 2.39. The molecule has 0 fully saturated rings. The highest BCUT2D eigenvalue weighted by Gasteiger charge is 2.17. The predicted octanol–water partition coefficient (Wildman–Crippen LogP) is 14.3. The van der Waals surface area contributed by atoms with Crippen LogP contribution < -0.4 is 0 Å². The van der Waals surface area contributed by atoms with Gasteiger partial charge in [-0.1, -0.05) is 104 Å². The van der Waals surface area contributed by atoms with Crippen LogP contribution in [0.25, 0.3) is 106 Å². The molecule has 58 heavy (non-hydrogen) atoms. The first kappa shape index (κ1) is 34.8. The number of allylic oxidation sites excluding steroid dienone is 2. The lowest BCUT2D eigenvalue weighted by Crippen LogP contribution is -1.97. The topological polar surface area (TPSA) is 65.0 Å². The molecule has 10 rings (SSSR count). The highest BCUT2D eigenvalue weighted by atomic mass is 16.3. The van der Waals surface area contributed by atoms with Gasteiger partial charge in [0, 0.05) is 56.4 Å². The van der Waals surface area contributed by atoms with E-state index in [1.165, 1.54) is 0 Å². The molecule has 0 radical (unpaired) electrons. The Hall–Kier alpha value is -7.63. The second-order valence-electron chi connectivity index (χ2n) is 14.6. The third-order valence-corrected chi connectivity index (χ3v) is 10.8. The van der Waals surface area contributed by atoms with Crippen LogP contribution in [0, 0.1) is 13.8 Å². The largest absolute Gasteiger partial charge is 0.461 e. The smallest absolute Gasteiger partial charge is 0.160 e. The molecule has 4 aromatic heterocycles. The van der Waals surface area contributed by atoms with E-state index in [4.69, 9.17) is 18.8 Å². The monoisotopic (exact) mass is 747 g/mol. The number of pyridine rings is 1. The number of aromatic nitrogens is 3. The highest BCUT2D eigenvalue weighted by molar-refractivity contribution is 6.06. The molecule has 276 valence electrons. The number of hydrogen-bond donors (Lipinski definition) is 0. The summed E-state index contributed by atoms with van der Waals surface area (Å²) >= 11 is 0. The van der Waals surface area contributed by atoms with E-state index in [1.54, 1.807) is 12.3 Å². The minimum Gasteiger partial charge on any atom is -0.461 e. The maximum absolute atomic E-state index is 6.22. The normalized spacial score (nSPS) is 11.6. The Morgan fingerprint density at radius 3 is 1.90 bits per heavy atom. The maximum Gasteiger partial charge on any atom is 0.160 e. The van der Waals surface area contributed by atoms with Crippen LogP contribution in [0.15, 0.2) is 186 Å². The summed E-state index contributed by atoms with van der Waals surface area (Å²) in [5.74, 6) is 1.52. The predicted molar refractivity (Wildman–Crippen MR) is 238 cm³/mol.